The number of hydrogen-bond donors (Lipinski definition) is 2. The van der Waals surface area contributed by atoms with Gasteiger partial charge in [-0.2, -0.15) is 0 Å². The van der Waals surface area contributed by atoms with Crippen molar-refractivity contribution in [2.24, 2.45) is 0 Å². The zero-order chi connectivity index (χ0) is 25.2. The Hall–Kier alpha value is -3.56. The Morgan fingerprint density at radius 3 is 2.50 bits per heavy atom. The SMILES string of the molecule is CS(=O)(=O)CCNCCCCc1cc2c(Nc3ccc(OCc4ccccc4)cc3)ncnc2cn1. The fraction of sp³-hybridized carbons (Fsp3) is 0.296. The van der Waals surface area contributed by atoms with E-state index in [-0.39, 0.29) is 5.75 Å². The first-order valence-electron chi connectivity index (χ1n) is 12.0. The number of pyridine rings is 1. The Labute approximate surface area is 212 Å². The Morgan fingerprint density at radius 1 is 0.917 bits per heavy atom. The fourth-order valence-corrected chi connectivity index (χ4v) is 4.20. The van der Waals surface area contributed by atoms with E-state index in [1.54, 1.807) is 6.20 Å². The molecule has 2 aromatic carbocycles. The van der Waals surface area contributed by atoms with Gasteiger partial charge < -0.3 is 15.4 Å². The highest BCUT2D eigenvalue weighted by Gasteiger charge is 2.07. The van der Waals surface area contributed by atoms with Crippen LogP contribution in [-0.4, -0.2) is 48.5 Å². The van der Waals surface area contributed by atoms with Crippen molar-refractivity contribution in [3.05, 3.63) is 84.4 Å². The summed E-state index contributed by atoms with van der Waals surface area (Å²) in [4.78, 5) is 13.3. The normalized spacial score (nSPS) is 11.5. The predicted octanol–water partition coefficient (Wildman–Crippen LogP) is 4.30. The number of benzene rings is 2. The molecule has 2 heterocycles. The summed E-state index contributed by atoms with van der Waals surface area (Å²) in [5.41, 5.74) is 3.78. The average molecular weight is 506 g/mol. The van der Waals surface area contributed by atoms with Crippen molar-refractivity contribution in [2.45, 2.75) is 25.9 Å². The summed E-state index contributed by atoms with van der Waals surface area (Å²) in [6, 6.07) is 19.9. The highest BCUT2D eigenvalue weighted by Crippen LogP contribution is 2.25. The van der Waals surface area contributed by atoms with Gasteiger partial charge in [0.05, 0.1) is 17.5 Å². The number of aromatic nitrogens is 3. The largest absolute Gasteiger partial charge is 0.489 e. The van der Waals surface area contributed by atoms with Gasteiger partial charge in [0.1, 0.15) is 34.3 Å². The van der Waals surface area contributed by atoms with E-state index in [1.165, 1.54) is 12.6 Å². The molecule has 4 aromatic rings. The van der Waals surface area contributed by atoms with Crippen LogP contribution in [0.15, 0.2) is 73.2 Å². The number of aryl methyl sites for hydroxylation is 1. The van der Waals surface area contributed by atoms with E-state index < -0.39 is 9.84 Å². The van der Waals surface area contributed by atoms with Crippen LogP contribution in [0.25, 0.3) is 10.9 Å². The van der Waals surface area contributed by atoms with Crippen LogP contribution in [0.2, 0.25) is 0 Å². The van der Waals surface area contributed by atoms with Gasteiger partial charge in [-0.25, -0.2) is 18.4 Å². The van der Waals surface area contributed by atoms with Crippen LogP contribution < -0.4 is 15.4 Å². The Bertz CT molecular complexity index is 1360. The third kappa shape index (κ3) is 8.00. The second kappa shape index (κ2) is 12.4. The summed E-state index contributed by atoms with van der Waals surface area (Å²) in [7, 11) is -2.92. The second-order valence-electron chi connectivity index (χ2n) is 8.68. The topological polar surface area (TPSA) is 106 Å². The number of unbranched alkanes of at least 4 members (excludes halogenated alkanes) is 1. The van der Waals surface area contributed by atoms with Crippen LogP contribution in [0.1, 0.15) is 24.1 Å². The van der Waals surface area contributed by atoms with Crippen LogP contribution in [0, 0.1) is 0 Å². The third-order valence-electron chi connectivity index (χ3n) is 5.63. The zero-order valence-electron chi connectivity index (χ0n) is 20.4. The fourth-order valence-electron chi connectivity index (χ4n) is 3.69. The molecule has 0 amide bonds. The monoisotopic (exact) mass is 505 g/mol. The van der Waals surface area contributed by atoms with Crippen LogP contribution in [0.4, 0.5) is 11.5 Å². The molecule has 0 unspecified atom stereocenters. The van der Waals surface area contributed by atoms with E-state index in [0.717, 1.165) is 65.2 Å². The molecule has 8 nitrogen and oxygen atoms in total. The summed E-state index contributed by atoms with van der Waals surface area (Å²) in [5, 5.41) is 7.47. The number of hydrogen-bond acceptors (Lipinski definition) is 8. The highest BCUT2D eigenvalue weighted by molar-refractivity contribution is 7.90. The van der Waals surface area contributed by atoms with Crippen LogP contribution >= 0.6 is 0 Å². The Kier molecular flexibility index (Phi) is 8.80. The van der Waals surface area contributed by atoms with E-state index in [4.69, 9.17) is 4.74 Å². The molecule has 9 heteroatoms. The maximum atomic E-state index is 11.2. The van der Waals surface area contributed by atoms with Gasteiger partial charge in [0.2, 0.25) is 0 Å². The summed E-state index contributed by atoms with van der Waals surface area (Å²) >= 11 is 0. The van der Waals surface area contributed by atoms with Crippen molar-refractivity contribution in [1.82, 2.24) is 20.3 Å². The standard InChI is InChI=1S/C27H31N5O3S/c1-36(33,34)16-15-28-14-6-5-9-23-17-25-26(18-29-23)30-20-31-27(25)32-22-10-12-24(13-11-22)35-19-21-7-3-2-4-8-21/h2-4,7-8,10-13,17-18,20,28H,5-6,9,14-16,19H2,1H3,(H,30,31,32). The molecule has 2 N–H and O–H groups in total. The minimum absolute atomic E-state index is 0.165. The molecule has 0 saturated heterocycles. The van der Waals surface area contributed by atoms with E-state index >= 15 is 0 Å². The molecule has 0 bridgehead atoms. The maximum absolute atomic E-state index is 11.2. The van der Waals surface area contributed by atoms with E-state index in [0.29, 0.717) is 13.2 Å². The lowest BCUT2D eigenvalue weighted by Gasteiger charge is -2.11. The van der Waals surface area contributed by atoms with Crippen molar-refractivity contribution in [1.29, 1.82) is 0 Å². The molecular formula is C27H31N5O3S. The Morgan fingerprint density at radius 2 is 1.72 bits per heavy atom. The first-order chi connectivity index (χ1) is 17.5. The molecule has 0 aliphatic rings. The van der Waals surface area contributed by atoms with Gasteiger partial charge in [0.25, 0.3) is 0 Å². The summed E-state index contributed by atoms with van der Waals surface area (Å²) < 4.78 is 28.2. The lowest BCUT2D eigenvalue weighted by Crippen LogP contribution is -2.23. The van der Waals surface area contributed by atoms with Gasteiger partial charge in [0.15, 0.2) is 0 Å². The number of nitrogens with one attached hydrogen (secondary N) is 2. The van der Waals surface area contributed by atoms with Crippen LogP contribution in [0.5, 0.6) is 5.75 Å². The molecule has 188 valence electrons. The number of rotatable bonds is 13. The molecule has 0 aliphatic heterocycles. The van der Waals surface area contributed by atoms with Crippen molar-refractivity contribution in [2.75, 3.05) is 30.4 Å². The summed E-state index contributed by atoms with van der Waals surface area (Å²) in [6.07, 6.45) is 7.28. The minimum atomic E-state index is -2.92. The molecule has 4 rings (SSSR count). The van der Waals surface area contributed by atoms with E-state index in [1.807, 2.05) is 60.7 Å². The number of sulfone groups is 1. The number of fused-ring (bicyclic) bond motifs is 1. The van der Waals surface area contributed by atoms with E-state index in [9.17, 15) is 8.42 Å². The number of nitrogens with zero attached hydrogens (tertiary/aromatic N) is 3. The summed E-state index contributed by atoms with van der Waals surface area (Å²) in [5.74, 6) is 1.69. The first kappa shape index (κ1) is 25.5. The predicted molar refractivity (Wildman–Crippen MR) is 143 cm³/mol. The lowest BCUT2D eigenvalue weighted by molar-refractivity contribution is 0.306. The molecule has 0 aliphatic carbocycles. The average Bonchev–Trinajstić information content (AvgIpc) is 2.88. The van der Waals surface area contributed by atoms with Crippen molar-refractivity contribution in [3.8, 4) is 5.75 Å². The molecule has 36 heavy (non-hydrogen) atoms. The minimum Gasteiger partial charge on any atom is -0.489 e. The van der Waals surface area contributed by atoms with Crippen molar-refractivity contribution in [3.63, 3.8) is 0 Å². The molecule has 0 radical (unpaired) electrons. The maximum Gasteiger partial charge on any atom is 0.148 e. The number of ether oxygens (including phenoxy) is 1. The van der Waals surface area contributed by atoms with Crippen LogP contribution in [0.3, 0.4) is 0 Å². The quantitative estimate of drug-likeness (QED) is 0.259. The molecule has 0 saturated carbocycles. The molecular weight excluding hydrogens is 474 g/mol. The van der Waals surface area contributed by atoms with Gasteiger partial charge >= 0.3 is 0 Å². The molecule has 2 aromatic heterocycles. The Balaban J connectivity index is 1.32. The van der Waals surface area contributed by atoms with E-state index in [2.05, 4.69) is 25.6 Å². The van der Waals surface area contributed by atoms with Gasteiger partial charge in [-0.15, -0.1) is 0 Å². The molecule has 0 fully saturated rings. The first-order valence-corrected chi connectivity index (χ1v) is 14.0. The number of anilines is 2. The van der Waals surface area contributed by atoms with Gasteiger partial charge in [0, 0.05) is 29.6 Å². The third-order valence-corrected chi connectivity index (χ3v) is 6.58. The summed E-state index contributed by atoms with van der Waals surface area (Å²) in [6.45, 7) is 1.79. The van der Waals surface area contributed by atoms with Gasteiger partial charge in [-0.1, -0.05) is 30.3 Å². The van der Waals surface area contributed by atoms with Crippen molar-refractivity contribution < 1.29 is 13.2 Å². The molecule has 0 spiro atoms. The van der Waals surface area contributed by atoms with Crippen molar-refractivity contribution >= 4 is 32.2 Å². The van der Waals surface area contributed by atoms with Gasteiger partial charge in [-0.3, -0.25) is 4.98 Å². The highest BCUT2D eigenvalue weighted by atomic mass is 32.2. The zero-order valence-corrected chi connectivity index (χ0v) is 21.2. The molecule has 0 atom stereocenters. The smallest absolute Gasteiger partial charge is 0.148 e. The van der Waals surface area contributed by atoms with Gasteiger partial charge in [-0.05, 0) is 61.7 Å². The van der Waals surface area contributed by atoms with Crippen LogP contribution in [-0.2, 0) is 22.9 Å². The second-order valence-corrected chi connectivity index (χ2v) is 10.9. The lowest BCUT2D eigenvalue weighted by atomic mass is 10.1.